The number of aromatic nitrogens is 1. The Morgan fingerprint density at radius 3 is 2.65 bits per heavy atom. The van der Waals surface area contributed by atoms with E-state index in [0.29, 0.717) is 11.8 Å². The summed E-state index contributed by atoms with van der Waals surface area (Å²) in [5.41, 5.74) is 0.819. The van der Waals surface area contributed by atoms with Gasteiger partial charge in [0.15, 0.2) is 0 Å². The van der Waals surface area contributed by atoms with Crippen LogP contribution in [0.1, 0.15) is 50.0 Å². The molecule has 1 aromatic carbocycles. The molecule has 4 nitrogen and oxygen atoms in total. The lowest BCUT2D eigenvalue weighted by Gasteiger charge is -2.37. The third-order valence-corrected chi connectivity index (χ3v) is 6.90. The fourth-order valence-corrected chi connectivity index (χ4v) is 5.28. The number of amides is 1. The van der Waals surface area contributed by atoms with Gasteiger partial charge in [-0.3, -0.25) is 4.79 Å². The maximum atomic E-state index is 13.0. The molecule has 1 N–H and O–H groups in total. The Balaban J connectivity index is 0.00000121. The predicted octanol–water partition coefficient (Wildman–Crippen LogP) is 4.38. The highest BCUT2D eigenvalue weighted by Crippen LogP contribution is 2.35. The van der Waals surface area contributed by atoms with E-state index in [-0.39, 0.29) is 30.4 Å². The minimum atomic E-state index is -0.289. The topological polar surface area (TPSA) is 45.2 Å². The van der Waals surface area contributed by atoms with Crippen molar-refractivity contribution in [2.45, 2.75) is 50.5 Å². The summed E-state index contributed by atoms with van der Waals surface area (Å²) in [6.45, 7) is 4.83. The highest BCUT2D eigenvalue weighted by molar-refractivity contribution is 7.18. The number of nitrogens with one attached hydrogen (secondary N) is 1. The number of carbonyl (C=O) groups excluding carboxylic acids is 1. The van der Waals surface area contributed by atoms with Crippen molar-refractivity contribution < 1.29 is 4.79 Å². The summed E-state index contributed by atoms with van der Waals surface area (Å²) in [5, 5.41) is 4.72. The van der Waals surface area contributed by atoms with E-state index in [9.17, 15) is 4.79 Å². The highest BCUT2D eigenvalue weighted by atomic mass is 35.5. The molecule has 3 heterocycles. The summed E-state index contributed by atoms with van der Waals surface area (Å²) in [7, 11) is 0. The van der Waals surface area contributed by atoms with Crippen molar-refractivity contribution in [3.8, 4) is 0 Å². The third-order valence-electron chi connectivity index (χ3n) is 5.70. The fourth-order valence-electron chi connectivity index (χ4n) is 4.14. The molecule has 1 atom stereocenters. The molecule has 0 saturated carbocycles. The summed E-state index contributed by atoms with van der Waals surface area (Å²) < 4.78 is 1.27. The van der Waals surface area contributed by atoms with Gasteiger partial charge in [0.2, 0.25) is 5.91 Å². The van der Waals surface area contributed by atoms with Gasteiger partial charge < -0.3 is 10.2 Å². The zero-order valence-electron chi connectivity index (χ0n) is 15.1. The Hall–Kier alpha value is -0.880. The zero-order valence-corrected chi connectivity index (χ0v) is 17.5. The molecule has 2 saturated heterocycles. The number of hydrogen-bond acceptors (Lipinski definition) is 4. The molecule has 2 fully saturated rings. The third kappa shape index (κ3) is 3.86. The van der Waals surface area contributed by atoms with Gasteiger partial charge in [0.05, 0.1) is 20.8 Å². The molecule has 1 aromatic heterocycles. The van der Waals surface area contributed by atoms with Crippen LogP contribution in [0.2, 0.25) is 0 Å². The van der Waals surface area contributed by atoms with Gasteiger partial charge in [-0.15, -0.1) is 36.2 Å². The summed E-state index contributed by atoms with van der Waals surface area (Å²) in [5.74, 6) is 0.825. The quantitative estimate of drug-likeness (QED) is 0.808. The number of nitrogens with zero attached hydrogens (tertiary/aromatic N) is 2. The van der Waals surface area contributed by atoms with Crippen molar-refractivity contribution in [1.29, 1.82) is 0 Å². The van der Waals surface area contributed by atoms with E-state index >= 15 is 0 Å². The molecule has 4 rings (SSSR count). The lowest BCUT2D eigenvalue weighted by molar-refractivity contribution is -0.139. The van der Waals surface area contributed by atoms with Crippen molar-refractivity contribution in [2.24, 2.45) is 0 Å². The molecular formula is C19H27Cl2N3OS. The van der Waals surface area contributed by atoms with Crippen LogP contribution in [-0.4, -0.2) is 41.0 Å². The normalized spacial score (nSPS) is 23.5. The molecule has 144 valence electrons. The number of carbonyl (C=O) groups is 1. The Bertz CT molecular complexity index is 704. The van der Waals surface area contributed by atoms with Gasteiger partial charge in [0.25, 0.3) is 0 Å². The van der Waals surface area contributed by atoms with Gasteiger partial charge in [-0.25, -0.2) is 4.98 Å². The zero-order chi connectivity index (χ0) is 16.6. The number of benzene rings is 1. The molecule has 0 aliphatic carbocycles. The summed E-state index contributed by atoms with van der Waals surface area (Å²) >= 11 is 1.82. The molecule has 1 unspecified atom stereocenters. The van der Waals surface area contributed by atoms with Gasteiger partial charge in [-0.1, -0.05) is 19.1 Å². The first-order chi connectivity index (χ1) is 11.7. The van der Waals surface area contributed by atoms with E-state index in [2.05, 4.69) is 35.3 Å². The molecule has 0 spiro atoms. The molecule has 0 bridgehead atoms. The maximum Gasteiger partial charge on any atom is 0.242 e. The van der Waals surface area contributed by atoms with Crippen molar-refractivity contribution in [1.82, 2.24) is 15.2 Å². The van der Waals surface area contributed by atoms with Gasteiger partial charge in [-0.05, 0) is 50.8 Å². The minimum absolute atomic E-state index is 0. The van der Waals surface area contributed by atoms with Gasteiger partial charge in [0, 0.05) is 19.0 Å². The minimum Gasteiger partial charge on any atom is -0.341 e. The first-order valence-corrected chi connectivity index (χ1v) is 9.93. The number of para-hydroxylation sites is 1. The number of halogens is 2. The van der Waals surface area contributed by atoms with E-state index in [4.69, 9.17) is 4.98 Å². The second-order valence-corrected chi connectivity index (χ2v) is 8.11. The standard InChI is InChI=1S/C19H25N3OS.2ClH/c1-2-19(10-5-11-20-19)18(23)22-12-8-14(9-13-22)17-21-15-6-3-4-7-16(15)24-17;;/h3-4,6-7,14,20H,2,5,8-13H2,1H3;2*1H. The predicted molar refractivity (Wildman–Crippen MR) is 113 cm³/mol. The average Bonchev–Trinajstić information content (AvgIpc) is 3.28. The molecular weight excluding hydrogens is 389 g/mol. The van der Waals surface area contributed by atoms with Crippen molar-refractivity contribution in [3.63, 3.8) is 0 Å². The number of likely N-dealkylation sites (tertiary alicyclic amines) is 1. The first kappa shape index (κ1) is 21.4. The molecule has 7 heteroatoms. The van der Waals surface area contributed by atoms with E-state index in [1.54, 1.807) is 0 Å². The van der Waals surface area contributed by atoms with E-state index in [0.717, 1.165) is 57.3 Å². The second kappa shape index (κ2) is 8.87. The number of thiazole rings is 1. The van der Waals surface area contributed by atoms with Crippen LogP contribution in [0.15, 0.2) is 24.3 Å². The van der Waals surface area contributed by atoms with Crippen LogP contribution in [-0.2, 0) is 4.79 Å². The second-order valence-electron chi connectivity index (χ2n) is 7.05. The van der Waals surface area contributed by atoms with Crippen LogP contribution in [0, 0.1) is 0 Å². The van der Waals surface area contributed by atoms with Crippen LogP contribution >= 0.6 is 36.2 Å². The number of piperidine rings is 1. The molecule has 26 heavy (non-hydrogen) atoms. The Morgan fingerprint density at radius 2 is 2.04 bits per heavy atom. The Morgan fingerprint density at radius 1 is 1.31 bits per heavy atom. The lowest BCUT2D eigenvalue weighted by atomic mass is 9.90. The van der Waals surface area contributed by atoms with Crippen LogP contribution in [0.4, 0.5) is 0 Å². The van der Waals surface area contributed by atoms with Gasteiger partial charge in [0.1, 0.15) is 0 Å². The van der Waals surface area contributed by atoms with Crippen molar-refractivity contribution in [3.05, 3.63) is 29.3 Å². The van der Waals surface area contributed by atoms with Crippen molar-refractivity contribution >= 4 is 52.3 Å². The molecule has 0 radical (unpaired) electrons. The van der Waals surface area contributed by atoms with Crippen molar-refractivity contribution in [2.75, 3.05) is 19.6 Å². The molecule has 2 aliphatic rings. The lowest BCUT2D eigenvalue weighted by Crippen LogP contribution is -2.56. The van der Waals surface area contributed by atoms with Gasteiger partial charge in [-0.2, -0.15) is 0 Å². The van der Waals surface area contributed by atoms with E-state index in [1.807, 2.05) is 17.4 Å². The summed E-state index contributed by atoms with van der Waals surface area (Å²) in [4.78, 5) is 19.9. The van der Waals surface area contributed by atoms with E-state index in [1.165, 1.54) is 9.71 Å². The number of fused-ring (bicyclic) bond motifs is 1. The molecule has 2 aliphatic heterocycles. The Labute approximate surface area is 171 Å². The van der Waals surface area contributed by atoms with Crippen LogP contribution < -0.4 is 5.32 Å². The fraction of sp³-hybridized carbons (Fsp3) is 0.579. The van der Waals surface area contributed by atoms with Crippen LogP contribution in [0.3, 0.4) is 0 Å². The van der Waals surface area contributed by atoms with E-state index < -0.39 is 0 Å². The summed E-state index contributed by atoms with van der Waals surface area (Å²) in [6, 6.07) is 8.35. The average molecular weight is 416 g/mol. The highest BCUT2D eigenvalue weighted by Gasteiger charge is 2.42. The summed E-state index contributed by atoms with van der Waals surface area (Å²) in [6.07, 6.45) is 5.06. The number of rotatable bonds is 3. The maximum absolute atomic E-state index is 13.0. The number of hydrogen-bond donors (Lipinski definition) is 1. The van der Waals surface area contributed by atoms with Gasteiger partial charge >= 0.3 is 0 Å². The van der Waals surface area contributed by atoms with Crippen LogP contribution in [0.5, 0.6) is 0 Å². The monoisotopic (exact) mass is 415 g/mol. The molecule has 1 amide bonds. The SMILES string of the molecule is CCC1(C(=O)N2CCC(c3nc4ccccc4s3)CC2)CCCN1.Cl.Cl. The smallest absolute Gasteiger partial charge is 0.242 e. The van der Waals surface area contributed by atoms with Crippen LogP contribution in [0.25, 0.3) is 10.2 Å². The Kier molecular flexibility index (Phi) is 7.31. The largest absolute Gasteiger partial charge is 0.341 e. The molecule has 2 aromatic rings. The first-order valence-electron chi connectivity index (χ1n) is 9.12.